The Morgan fingerprint density at radius 1 is 1.36 bits per heavy atom. The SMILES string of the molecule is COc1cc(C=NNc2ccc([N+](=O)[O-])cn2)ccc1OCC(=O)[O-]. The second-order valence-corrected chi connectivity index (χ2v) is 4.60. The molecule has 0 atom stereocenters. The van der Waals surface area contributed by atoms with Gasteiger partial charge < -0.3 is 19.4 Å². The minimum absolute atomic E-state index is 0.119. The van der Waals surface area contributed by atoms with Crippen LogP contribution in [0.5, 0.6) is 11.5 Å². The van der Waals surface area contributed by atoms with Crippen molar-refractivity contribution in [3.05, 3.63) is 52.2 Å². The largest absolute Gasteiger partial charge is 0.546 e. The number of nitrogens with one attached hydrogen (secondary N) is 1. The molecule has 1 aromatic heterocycles. The van der Waals surface area contributed by atoms with Gasteiger partial charge in [0.1, 0.15) is 18.6 Å². The summed E-state index contributed by atoms with van der Waals surface area (Å²) in [5, 5.41) is 24.9. The highest BCUT2D eigenvalue weighted by molar-refractivity contribution is 5.81. The normalized spacial score (nSPS) is 10.4. The van der Waals surface area contributed by atoms with Gasteiger partial charge in [-0.25, -0.2) is 4.98 Å². The van der Waals surface area contributed by atoms with Gasteiger partial charge in [-0.1, -0.05) is 0 Å². The summed E-state index contributed by atoms with van der Waals surface area (Å²) in [6, 6.07) is 7.50. The number of hydrazone groups is 1. The smallest absolute Gasteiger partial charge is 0.287 e. The Bertz CT molecular complexity index is 791. The van der Waals surface area contributed by atoms with Crippen LogP contribution < -0.4 is 20.0 Å². The van der Waals surface area contributed by atoms with Gasteiger partial charge in [0.05, 0.1) is 24.2 Å². The predicted octanol–water partition coefficient (Wildman–Crippen LogP) is 0.573. The Kier molecular flexibility index (Phi) is 5.82. The number of aromatic nitrogens is 1. The standard InChI is InChI=1S/C15H14N4O6/c1-24-13-6-10(2-4-12(13)25-9-15(20)21)7-17-18-14-5-3-11(8-16-14)19(22)23/h2-8H,9H2,1H3,(H,16,18)(H,20,21)/p-1. The number of methoxy groups -OCH3 is 1. The number of carbonyl (C=O) groups is 1. The van der Waals surface area contributed by atoms with Gasteiger partial charge in [-0.3, -0.25) is 15.5 Å². The van der Waals surface area contributed by atoms with E-state index >= 15 is 0 Å². The molecule has 0 saturated heterocycles. The number of carboxylic acid groups (broad SMARTS) is 1. The van der Waals surface area contributed by atoms with E-state index in [1.807, 2.05) is 0 Å². The molecule has 0 aliphatic heterocycles. The van der Waals surface area contributed by atoms with Crippen LogP contribution in [0, 0.1) is 10.1 Å². The molecule has 0 bridgehead atoms. The number of aliphatic carboxylic acids is 1. The lowest BCUT2D eigenvalue weighted by Gasteiger charge is -2.11. The second-order valence-electron chi connectivity index (χ2n) is 4.60. The van der Waals surface area contributed by atoms with Crippen molar-refractivity contribution in [2.75, 3.05) is 19.1 Å². The number of nitro groups is 1. The number of nitrogens with zero attached hydrogens (tertiary/aromatic N) is 3. The number of carbonyl (C=O) groups excluding carboxylic acids is 1. The molecule has 10 heteroatoms. The van der Waals surface area contributed by atoms with Gasteiger partial charge in [0.15, 0.2) is 11.5 Å². The van der Waals surface area contributed by atoms with Gasteiger partial charge >= 0.3 is 0 Å². The zero-order valence-corrected chi connectivity index (χ0v) is 13.0. The Hall–Kier alpha value is -3.69. The Labute approximate surface area is 141 Å². The molecule has 0 spiro atoms. The summed E-state index contributed by atoms with van der Waals surface area (Å²) in [6.07, 6.45) is 2.58. The minimum atomic E-state index is -1.34. The monoisotopic (exact) mass is 345 g/mol. The zero-order valence-electron chi connectivity index (χ0n) is 13.0. The minimum Gasteiger partial charge on any atom is -0.546 e. The van der Waals surface area contributed by atoms with Gasteiger partial charge in [-0.2, -0.15) is 5.10 Å². The fourth-order valence-corrected chi connectivity index (χ4v) is 1.75. The van der Waals surface area contributed by atoms with Crippen LogP contribution in [0.15, 0.2) is 41.6 Å². The van der Waals surface area contributed by atoms with E-state index in [-0.39, 0.29) is 11.4 Å². The Morgan fingerprint density at radius 3 is 2.76 bits per heavy atom. The number of rotatable bonds is 8. The molecule has 0 aliphatic rings. The van der Waals surface area contributed by atoms with E-state index in [4.69, 9.17) is 9.47 Å². The number of hydrogen-bond donors (Lipinski definition) is 1. The molecule has 0 fully saturated rings. The first-order valence-electron chi connectivity index (χ1n) is 6.90. The van der Waals surface area contributed by atoms with Crippen molar-refractivity contribution in [3.63, 3.8) is 0 Å². The molecule has 0 aliphatic carbocycles. The molecule has 130 valence electrons. The first-order valence-corrected chi connectivity index (χ1v) is 6.90. The second kappa shape index (κ2) is 8.24. The fourth-order valence-electron chi connectivity index (χ4n) is 1.75. The van der Waals surface area contributed by atoms with Crippen LogP contribution in [-0.2, 0) is 4.79 Å². The number of hydrogen-bond acceptors (Lipinski definition) is 9. The quantitative estimate of drug-likeness (QED) is 0.416. The molecular weight excluding hydrogens is 332 g/mol. The highest BCUT2D eigenvalue weighted by Gasteiger charge is 2.06. The lowest BCUT2D eigenvalue weighted by Crippen LogP contribution is -2.29. The topological polar surface area (TPSA) is 139 Å². The molecule has 0 radical (unpaired) electrons. The van der Waals surface area contributed by atoms with E-state index in [1.165, 1.54) is 31.5 Å². The number of ether oxygens (including phenoxy) is 2. The lowest BCUT2D eigenvalue weighted by molar-refractivity contribution is -0.385. The van der Waals surface area contributed by atoms with Gasteiger partial charge in [0.2, 0.25) is 0 Å². The van der Waals surface area contributed by atoms with Crippen molar-refractivity contribution >= 4 is 23.7 Å². The third-order valence-electron chi connectivity index (χ3n) is 2.88. The fraction of sp³-hybridized carbons (Fsp3) is 0.133. The van der Waals surface area contributed by atoms with Gasteiger partial charge in [-0.15, -0.1) is 0 Å². The number of benzene rings is 1. The molecule has 1 N–H and O–H groups in total. The van der Waals surface area contributed by atoms with Gasteiger partial charge in [0.25, 0.3) is 5.69 Å². The van der Waals surface area contributed by atoms with E-state index in [2.05, 4.69) is 15.5 Å². The molecule has 0 amide bonds. The highest BCUT2D eigenvalue weighted by atomic mass is 16.6. The molecular formula is C15H13N4O6-. The third kappa shape index (κ3) is 5.16. The molecule has 1 aromatic carbocycles. The Balaban J connectivity index is 2.02. The molecule has 2 aromatic rings. The van der Waals surface area contributed by atoms with Crippen LogP contribution in [0.25, 0.3) is 0 Å². The molecule has 10 nitrogen and oxygen atoms in total. The molecule has 0 unspecified atom stereocenters. The third-order valence-corrected chi connectivity index (χ3v) is 2.88. The van der Waals surface area contributed by atoms with Crippen LogP contribution in [0.3, 0.4) is 0 Å². The lowest BCUT2D eigenvalue weighted by atomic mass is 10.2. The number of pyridine rings is 1. The number of anilines is 1. The average molecular weight is 345 g/mol. The first kappa shape index (κ1) is 17.7. The van der Waals surface area contributed by atoms with E-state index in [0.717, 1.165) is 6.20 Å². The first-order chi connectivity index (χ1) is 12.0. The summed E-state index contributed by atoms with van der Waals surface area (Å²) in [5.74, 6) is -0.414. The maximum atomic E-state index is 10.5. The van der Waals surface area contributed by atoms with E-state index in [9.17, 15) is 20.0 Å². The predicted molar refractivity (Wildman–Crippen MR) is 85.6 cm³/mol. The van der Waals surface area contributed by atoms with Crippen LogP contribution >= 0.6 is 0 Å². The van der Waals surface area contributed by atoms with E-state index in [1.54, 1.807) is 12.1 Å². The summed E-state index contributed by atoms with van der Waals surface area (Å²) >= 11 is 0. The van der Waals surface area contributed by atoms with Crippen molar-refractivity contribution in [3.8, 4) is 11.5 Å². The van der Waals surface area contributed by atoms with Crippen molar-refractivity contribution < 1.29 is 24.3 Å². The summed E-state index contributed by atoms with van der Waals surface area (Å²) in [6.45, 7) is -0.586. The van der Waals surface area contributed by atoms with Crippen LogP contribution in [0.1, 0.15) is 5.56 Å². The summed E-state index contributed by atoms with van der Waals surface area (Å²) in [7, 11) is 1.42. The van der Waals surface area contributed by atoms with Crippen molar-refractivity contribution in [2.45, 2.75) is 0 Å². The average Bonchev–Trinajstić information content (AvgIpc) is 2.60. The van der Waals surface area contributed by atoms with Crippen LogP contribution in [0.2, 0.25) is 0 Å². The molecule has 2 rings (SSSR count). The highest BCUT2D eigenvalue weighted by Crippen LogP contribution is 2.27. The van der Waals surface area contributed by atoms with Crippen molar-refractivity contribution in [1.29, 1.82) is 0 Å². The summed E-state index contributed by atoms with van der Waals surface area (Å²) in [5.41, 5.74) is 3.16. The maximum absolute atomic E-state index is 10.5. The Morgan fingerprint density at radius 2 is 2.16 bits per heavy atom. The van der Waals surface area contributed by atoms with Crippen LogP contribution in [-0.4, -0.2) is 35.8 Å². The van der Waals surface area contributed by atoms with Gasteiger partial charge in [-0.05, 0) is 29.8 Å². The van der Waals surface area contributed by atoms with E-state index < -0.39 is 17.5 Å². The summed E-state index contributed by atoms with van der Waals surface area (Å²) < 4.78 is 10.2. The summed E-state index contributed by atoms with van der Waals surface area (Å²) in [4.78, 5) is 24.3. The van der Waals surface area contributed by atoms with Crippen molar-refractivity contribution in [1.82, 2.24) is 4.98 Å². The molecule has 0 saturated carbocycles. The van der Waals surface area contributed by atoms with Crippen molar-refractivity contribution in [2.24, 2.45) is 5.10 Å². The van der Waals surface area contributed by atoms with E-state index in [0.29, 0.717) is 17.1 Å². The van der Waals surface area contributed by atoms with Crippen LogP contribution in [0.4, 0.5) is 11.5 Å². The zero-order chi connectivity index (χ0) is 18.2. The molecule has 1 heterocycles. The molecule has 25 heavy (non-hydrogen) atoms. The van der Waals surface area contributed by atoms with Gasteiger partial charge in [0, 0.05) is 6.07 Å². The number of carboxylic acids is 1. The maximum Gasteiger partial charge on any atom is 0.287 e.